The van der Waals surface area contributed by atoms with Gasteiger partial charge in [0.2, 0.25) is 0 Å². The van der Waals surface area contributed by atoms with Gasteiger partial charge in [-0.15, -0.1) is 0 Å². The van der Waals surface area contributed by atoms with E-state index in [4.69, 9.17) is 4.98 Å². The van der Waals surface area contributed by atoms with Gasteiger partial charge in [0, 0.05) is 30.0 Å². The number of hydrogen-bond acceptors (Lipinski definition) is 5. The highest BCUT2D eigenvalue weighted by molar-refractivity contribution is 5.96. The van der Waals surface area contributed by atoms with Gasteiger partial charge in [0.1, 0.15) is 17.3 Å². The SMILES string of the molecule is CC(C)c1nc(NCC2(c3ccccc3)CCN(C)CC2)c2c(n1)C(=O)NCC2. The summed E-state index contributed by atoms with van der Waals surface area (Å²) in [6, 6.07) is 10.8. The molecule has 2 aliphatic rings. The zero-order chi connectivity index (χ0) is 20.4. The minimum atomic E-state index is -0.0873. The maximum atomic E-state index is 12.4. The molecule has 0 saturated carbocycles. The van der Waals surface area contributed by atoms with E-state index in [2.05, 4.69) is 71.7 Å². The standard InChI is InChI=1S/C23H31N5O/c1-16(2)20-26-19-18(9-12-24-22(19)29)21(27-20)25-15-23(10-13-28(3)14-11-23)17-7-5-4-6-8-17/h4-8,16H,9-15H2,1-3H3,(H,24,29)(H,25,26,27). The molecular weight excluding hydrogens is 362 g/mol. The van der Waals surface area contributed by atoms with Gasteiger partial charge < -0.3 is 15.5 Å². The van der Waals surface area contributed by atoms with Crippen LogP contribution in [0.1, 0.15) is 60.0 Å². The van der Waals surface area contributed by atoms with E-state index in [0.29, 0.717) is 12.2 Å². The molecule has 6 heteroatoms. The molecule has 3 heterocycles. The third-order valence-corrected chi connectivity index (χ3v) is 6.34. The van der Waals surface area contributed by atoms with Crippen LogP contribution in [0.15, 0.2) is 30.3 Å². The van der Waals surface area contributed by atoms with Crippen molar-refractivity contribution in [1.82, 2.24) is 20.2 Å². The van der Waals surface area contributed by atoms with Crippen molar-refractivity contribution in [2.75, 3.05) is 38.5 Å². The van der Waals surface area contributed by atoms with Crippen molar-refractivity contribution in [3.05, 3.63) is 53.0 Å². The summed E-state index contributed by atoms with van der Waals surface area (Å²) in [5.74, 6) is 1.64. The Bertz CT molecular complexity index is 872. The Morgan fingerprint density at radius 2 is 1.90 bits per heavy atom. The van der Waals surface area contributed by atoms with Crippen LogP contribution >= 0.6 is 0 Å². The quantitative estimate of drug-likeness (QED) is 0.817. The lowest BCUT2D eigenvalue weighted by Gasteiger charge is -2.41. The van der Waals surface area contributed by atoms with Gasteiger partial charge in [-0.05, 0) is 45.0 Å². The largest absolute Gasteiger partial charge is 0.369 e. The molecule has 1 amide bonds. The molecule has 0 unspecified atom stereocenters. The van der Waals surface area contributed by atoms with E-state index >= 15 is 0 Å². The Balaban J connectivity index is 1.67. The molecule has 0 aliphatic carbocycles. The summed E-state index contributed by atoms with van der Waals surface area (Å²) >= 11 is 0. The summed E-state index contributed by atoms with van der Waals surface area (Å²) in [5.41, 5.74) is 2.94. The molecule has 0 atom stereocenters. The summed E-state index contributed by atoms with van der Waals surface area (Å²) in [7, 11) is 2.19. The van der Waals surface area contributed by atoms with Gasteiger partial charge in [-0.2, -0.15) is 0 Å². The lowest BCUT2D eigenvalue weighted by molar-refractivity contribution is 0.0940. The number of piperidine rings is 1. The van der Waals surface area contributed by atoms with Crippen molar-refractivity contribution < 1.29 is 4.79 Å². The molecule has 0 radical (unpaired) electrons. The molecule has 6 nitrogen and oxygen atoms in total. The molecule has 0 spiro atoms. The Morgan fingerprint density at radius 1 is 1.17 bits per heavy atom. The third kappa shape index (κ3) is 3.99. The molecule has 2 aromatic rings. The van der Waals surface area contributed by atoms with Gasteiger partial charge >= 0.3 is 0 Å². The number of hydrogen-bond donors (Lipinski definition) is 2. The molecule has 2 N–H and O–H groups in total. The fraction of sp³-hybridized carbons (Fsp3) is 0.522. The molecular formula is C23H31N5O. The van der Waals surface area contributed by atoms with E-state index in [0.717, 1.165) is 56.1 Å². The average molecular weight is 394 g/mol. The maximum Gasteiger partial charge on any atom is 0.270 e. The number of rotatable bonds is 5. The van der Waals surface area contributed by atoms with E-state index in [9.17, 15) is 4.79 Å². The number of carbonyl (C=O) groups is 1. The van der Waals surface area contributed by atoms with Gasteiger partial charge in [0.15, 0.2) is 0 Å². The molecule has 1 saturated heterocycles. The van der Waals surface area contributed by atoms with Gasteiger partial charge in [0.25, 0.3) is 5.91 Å². The number of aromatic nitrogens is 2. The number of fused-ring (bicyclic) bond motifs is 1. The van der Waals surface area contributed by atoms with E-state index in [-0.39, 0.29) is 17.2 Å². The molecule has 4 rings (SSSR count). The topological polar surface area (TPSA) is 70.2 Å². The molecule has 1 aromatic heterocycles. The van der Waals surface area contributed by atoms with E-state index in [1.807, 2.05) is 0 Å². The maximum absolute atomic E-state index is 12.4. The molecule has 0 bridgehead atoms. The van der Waals surface area contributed by atoms with Crippen LogP contribution in [0.3, 0.4) is 0 Å². The highest BCUT2D eigenvalue weighted by Crippen LogP contribution is 2.36. The Morgan fingerprint density at radius 3 is 2.59 bits per heavy atom. The van der Waals surface area contributed by atoms with Gasteiger partial charge in [-0.25, -0.2) is 9.97 Å². The first-order valence-corrected chi connectivity index (χ1v) is 10.7. The first-order chi connectivity index (χ1) is 14.0. The number of amides is 1. The number of nitrogens with zero attached hydrogens (tertiary/aromatic N) is 3. The average Bonchev–Trinajstić information content (AvgIpc) is 2.74. The molecule has 1 aromatic carbocycles. The number of nitrogens with one attached hydrogen (secondary N) is 2. The number of carbonyl (C=O) groups excluding carboxylic acids is 1. The van der Waals surface area contributed by atoms with Crippen LogP contribution in [-0.2, 0) is 11.8 Å². The molecule has 154 valence electrons. The van der Waals surface area contributed by atoms with Crippen LogP contribution in [0.5, 0.6) is 0 Å². The summed E-state index contributed by atoms with van der Waals surface area (Å²) < 4.78 is 0. The molecule has 2 aliphatic heterocycles. The molecule has 1 fully saturated rings. The van der Waals surface area contributed by atoms with E-state index in [1.54, 1.807) is 0 Å². The van der Waals surface area contributed by atoms with Gasteiger partial charge in [-0.1, -0.05) is 44.2 Å². The predicted molar refractivity (Wildman–Crippen MR) is 115 cm³/mol. The summed E-state index contributed by atoms with van der Waals surface area (Å²) in [5, 5.41) is 6.58. The van der Waals surface area contributed by atoms with Gasteiger partial charge in [-0.3, -0.25) is 4.79 Å². The monoisotopic (exact) mass is 393 g/mol. The van der Waals surface area contributed by atoms with E-state index in [1.165, 1.54) is 5.56 Å². The minimum Gasteiger partial charge on any atom is -0.369 e. The van der Waals surface area contributed by atoms with E-state index < -0.39 is 0 Å². The number of anilines is 1. The minimum absolute atomic E-state index is 0.0700. The van der Waals surface area contributed by atoms with Crippen molar-refractivity contribution in [2.24, 2.45) is 0 Å². The van der Waals surface area contributed by atoms with Crippen molar-refractivity contribution in [2.45, 2.75) is 44.4 Å². The van der Waals surface area contributed by atoms with Crippen molar-refractivity contribution in [3.8, 4) is 0 Å². The predicted octanol–water partition coefficient (Wildman–Crippen LogP) is 2.96. The third-order valence-electron chi connectivity index (χ3n) is 6.34. The van der Waals surface area contributed by atoms with Crippen molar-refractivity contribution >= 4 is 11.7 Å². The lowest BCUT2D eigenvalue weighted by atomic mass is 9.72. The lowest BCUT2D eigenvalue weighted by Crippen LogP contribution is -2.45. The van der Waals surface area contributed by atoms with Crippen LogP contribution in [0.4, 0.5) is 5.82 Å². The first kappa shape index (κ1) is 19.8. The highest BCUT2D eigenvalue weighted by atomic mass is 16.1. The van der Waals surface area contributed by atoms with Crippen molar-refractivity contribution in [1.29, 1.82) is 0 Å². The normalized spacial score (nSPS) is 19.0. The summed E-state index contributed by atoms with van der Waals surface area (Å²) in [6.45, 7) is 7.74. The Kier molecular flexibility index (Phi) is 5.54. The molecule has 29 heavy (non-hydrogen) atoms. The number of benzene rings is 1. The van der Waals surface area contributed by atoms with Gasteiger partial charge in [0.05, 0.1) is 0 Å². The van der Waals surface area contributed by atoms with Crippen molar-refractivity contribution in [3.63, 3.8) is 0 Å². The second-order valence-electron chi connectivity index (χ2n) is 8.72. The zero-order valence-corrected chi connectivity index (χ0v) is 17.7. The van der Waals surface area contributed by atoms with Crippen LogP contribution in [-0.4, -0.2) is 54.0 Å². The number of likely N-dealkylation sites (tertiary alicyclic amines) is 1. The Labute approximate surface area is 173 Å². The van der Waals surface area contributed by atoms with Crippen LogP contribution < -0.4 is 10.6 Å². The first-order valence-electron chi connectivity index (χ1n) is 10.7. The summed E-state index contributed by atoms with van der Waals surface area (Å²) in [6.07, 6.45) is 2.97. The van der Waals surface area contributed by atoms with Crippen LogP contribution in [0.2, 0.25) is 0 Å². The second-order valence-corrected chi connectivity index (χ2v) is 8.72. The highest BCUT2D eigenvalue weighted by Gasteiger charge is 2.36. The fourth-order valence-corrected chi connectivity index (χ4v) is 4.37. The Hall–Kier alpha value is -2.47. The fourth-order valence-electron chi connectivity index (χ4n) is 4.37. The van der Waals surface area contributed by atoms with Crippen LogP contribution in [0.25, 0.3) is 0 Å². The zero-order valence-electron chi connectivity index (χ0n) is 17.7. The van der Waals surface area contributed by atoms with Crippen LogP contribution in [0, 0.1) is 0 Å². The smallest absolute Gasteiger partial charge is 0.270 e. The summed E-state index contributed by atoms with van der Waals surface area (Å²) in [4.78, 5) is 24.2. The second kappa shape index (κ2) is 8.11.